The summed E-state index contributed by atoms with van der Waals surface area (Å²) in [5, 5.41) is 2.40. The number of benzene rings is 2. The Morgan fingerprint density at radius 1 is 1.23 bits per heavy atom. The number of hydrogen-bond donors (Lipinski definition) is 1. The van der Waals surface area contributed by atoms with E-state index in [0.29, 0.717) is 5.56 Å². The first-order chi connectivity index (χ1) is 10.6. The van der Waals surface area contributed by atoms with Crippen LogP contribution in [0.3, 0.4) is 0 Å². The van der Waals surface area contributed by atoms with Gasteiger partial charge in [-0.3, -0.25) is 4.79 Å². The van der Waals surface area contributed by atoms with Crippen molar-refractivity contribution in [3.05, 3.63) is 70.9 Å². The Hall–Kier alpha value is -2.40. The Bertz CT molecular complexity index is 853. The summed E-state index contributed by atoms with van der Waals surface area (Å²) < 4.78 is 12.8. The van der Waals surface area contributed by atoms with Crippen molar-refractivity contribution in [1.82, 2.24) is 9.97 Å². The number of hydrogen-bond acceptors (Lipinski definition) is 3. The van der Waals surface area contributed by atoms with Crippen molar-refractivity contribution in [1.29, 1.82) is 0 Å². The SMILES string of the molecule is Cc1ccc2nc(S/C=C\C(=O)c3ccc(F)cc3)[nH]c2c1. The van der Waals surface area contributed by atoms with Crippen molar-refractivity contribution in [3.8, 4) is 0 Å². The van der Waals surface area contributed by atoms with Gasteiger partial charge in [0.2, 0.25) is 0 Å². The lowest BCUT2D eigenvalue weighted by atomic mass is 10.1. The third-order valence-electron chi connectivity index (χ3n) is 3.14. The van der Waals surface area contributed by atoms with Gasteiger partial charge in [0.1, 0.15) is 5.82 Å². The number of rotatable bonds is 4. The molecular weight excluding hydrogens is 299 g/mol. The zero-order valence-electron chi connectivity index (χ0n) is 11.8. The maximum absolute atomic E-state index is 12.8. The van der Waals surface area contributed by atoms with Crippen LogP contribution in [0.1, 0.15) is 15.9 Å². The van der Waals surface area contributed by atoms with Crippen molar-refractivity contribution in [3.63, 3.8) is 0 Å². The van der Waals surface area contributed by atoms with Crippen LogP contribution >= 0.6 is 11.8 Å². The molecule has 2 aromatic carbocycles. The first-order valence-electron chi connectivity index (χ1n) is 6.71. The minimum atomic E-state index is -0.354. The Kier molecular flexibility index (Phi) is 4.06. The number of ketones is 1. The minimum absolute atomic E-state index is 0.167. The van der Waals surface area contributed by atoms with Gasteiger partial charge in [-0.25, -0.2) is 9.37 Å². The summed E-state index contributed by atoms with van der Waals surface area (Å²) in [5.41, 5.74) is 3.49. The molecule has 0 saturated heterocycles. The molecule has 0 saturated carbocycles. The van der Waals surface area contributed by atoms with Crippen LogP contribution in [0.15, 0.2) is 59.1 Å². The van der Waals surface area contributed by atoms with E-state index >= 15 is 0 Å². The summed E-state index contributed by atoms with van der Waals surface area (Å²) in [7, 11) is 0. The number of nitrogens with zero attached hydrogens (tertiary/aromatic N) is 1. The van der Waals surface area contributed by atoms with Crippen LogP contribution in [-0.4, -0.2) is 15.8 Å². The lowest BCUT2D eigenvalue weighted by Crippen LogP contribution is -1.93. The quantitative estimate of drug-likeness (QED) is 0.438. The average molecular weight is 312 g/mol. The van der Waals surface area contributed by atoms with Crippen LogP contribution in [0.4, 0.5) is 4.39 Å². The number of thioether (sulfide) groups is 1. The largest absolute Gasteiger partial charge is 0.333 e. The normalized spacial score (nSPS) is 11.4. The second-order valence-corrected chi connectivity index (χ2v) is 5.75. The molecular formula is C17H13FN2OS. The van der Waals surface area contributed by atoms with E-state index in [-0.39, 0.29) is 11.6 Å². The third kappa shape index (κ3) is 3.26. The Labute approximate surface area is 131 Å². The maximum atomic E-state index is 12.8. The molecule has 0 atom stereocenters. The van der Waals surface area contributed by atoms with Gasteiger partial charge in [0.05, 0.1) is 11.0 Å². The van der Waals surface area contributed by atoms with Crippen molar-refractivity contribution in [2.45, 2.75) is 12.1 Å². The lowest BCUT2D eigenvalue weighted by molar-refractivity contribution is 0.104. The molecule has 0 aliphatic rings. The van der Waals surface area contributed by atoms with Gasteiger partial charge in [-0.1, -0.05) is 17.8 Å². The van der Waals surface area contributed by atoms with Crippen LogP contribution < -0.4 is 0 Å². The van der Waals surface area contributed by atoms with Crippen molar-refractivity contribution < 1.29 is 9.18 Å². The Balaban J connectivity index is 1.70. The zero-order valence-corrected chi connectivity index (χ0v) is 12.7. The zero-order chi connectivity index (χ0) is 15.5. The molecule has 3 rings (SSSR count). The molecule has 3 aromatic rings. The van der Waals surface area contributed by atoms with E-state index in [0.717, 1.165) is 21.8 Å². The van der Waals surface area contributed by atoms with E-state index in [1.807, 2.05) is 25.1 Å². The number of carbonyl (C=O) groups is 1. The molecule has 1 aromatic heterocycles. The standard InChI is InChI=1S/C17H13FN2OS/c1-11-2-7-14-15(10-11)20-17(19-14)22-9-8-16(21)12-3-5-13(18)6-4-12/h2-10H,1H3,(H,19,20)/b9-8-. The van der Waals surface area contributed by atoms with E-state index in [2.05, 4.69) is 9.97 Å². The highest BCUT2D eigenvalue weighted by Crippen LogP contribution is 2.21. The number of aromatic amines is 1. The molecule has 110 valence electrons. The number of H-pyrrole nitrogens is 1. The number of nitrogens with one attached hydrogen (secondary N) is 1. The fraction of sp³-hybridized carbons (Fsp3) is 0.0588. The number of carbonyl (C=O) groups excluding carboxylic acids is 1. The molecule has 1 N–H and O–H groups in total. The topological polar surface area (TPSA) is 45.8 Å². The van der Waals surface area contributed by atoms with Gasteiger partial charge in [0.15, 0.2) is 10.9 Å². The van der Waals surface area contributed by atoms with Gasteiger partial charge in [-0.2, -0.15) is 0 Å². The number of allylic oxidation sites excluding steroid dienone is 1. The second kappa shape index (κ2) is 6.15. The molecule has 0 spiro atoms. The molecule has 0 unspecified atom stereocenters. The van der Waals surface area contributed by atoms with Crippen molar-refractivity contribution in [2.75, 3.05) is 0 Å². The molecule has 0 bridgehead atoms. The first-order valence-corrected chi connectivity index (χ1v) is 7.59. The third-order valence-corrected chi connectivity index (χ3v) is 3.83. The first kappa shape index (κ1) is 14.5. The fourth-order valence-corrected chi connectivity index (χ4v) is 2.67. The number of imidazole rings is 1. The van der Waals surface area contributed by atoms with Gasteiger partial charge in [-0.15, -0.1) is 0 Å². The minimum Gasteiger partial charge on any atom is -0.333 e. The van der Waals surface area contributed by atoms with Gasteiger partial charge < -0.3 is 4.98 Å². The van der Waals surface area contributed by atoms with E-state index in [9.17, 15) is 9.18 Å². The summed E-state index contributed by atoms with van der Waals surface area (Å²) in [4.78, 5) is 19.5. The lowest BCUT2D eigenvalue weighted by Gasteiger charge is -1.94. The van der Waals surface area contributed by atoms with E-state index in [1.54, 1.807) is 5.41 Å². The second-order valence-electron chi connectivity index (χ2n) is 4.85. The van der Waals surface area contributed by atoms with Crippen LogP contribution in [0.2, 0.25) is 0 Å². The Morgan fingerprint density at radius 3 is 2.77 bits per heavy atom. The predicted molar refractivity (Wildman–Crippen MR) is 86.6 cm³/mol. The fourth-order valence-electron chi connectivity index (χ4n) is 2.03. The maximum Gasteiger partial charge on any atom is 0.186 e. The van der Waals surface area contributed by atoms with Crippen LogP contribution in [0, 0.1) is 12.7 Å². The van der Waals surface area contributed by atoms with Crippen LogP contribution in [0.5, 0.6) is 0 Å². The number of fused-ring (bicyclic) bond motifs is 1. The molecule has 0 fully saturated rings. The molecule has 1 heterocycles. The smallest absolute Gasteiger partial charge is 0.186 e. The number of aryl methyl sites for hydroxylation is 1. The molecule has 0 aliphatic carbocycles. The van der Waals surface area contributed by atoms with E-state index in [4.69, 9.17) is 0 Å². The summed E-state index contributed by atoms with van der Waals surface area (Å²) in [6.07, 6.45) is 1.45. The van der Waals surface area contributed by atoms with Gasteiger partial charge in [0.25, 0.3) is 0 Å². The Morgan fingerprint density at radius 2 is 2.00 bits per heavy atom. The highest BCUT2D eigenvalue weighted by molar-refractivity contribution is 8.02. The summed E-state index contributed by atoms with van der Waals surface area (Å²) in [6.45, 7) is 2.02. The number of halogens is 1. The summed E-state index contributed by atoms with van der Waals surface area (Å²) >= 11 is 1.34. The van der Waals surface area contributed by atoms with Crippen molar-refractivity contribution >= 4 is 28.6 Å². The summed E-state index contributed by atoms with van der Waals surface area (Å²) in [5.74, 6) is -0.521. The summed E-state index contributed by atoms with van der Waals surface area (Å²) in [6, 6.07) is 11.5. The van der Waals surface area contributed by atoms with Crippen molar-refractivity contribution in [2.24, 2.45) is 0 Å². The molecule has 3 nitrogen and oxygen atoms in total. The van der Waals surface area contributed by atoms with E-state index < -0.39 is 0 Å². The molecule has 22 heavy (non-hydrogen) atoms. The molecule has 0 aliphatic heterocycles. The molecule has 5 heteroatoms. The monoisotopic (exact) mass is 312 g/mol. The van der Waals surface area contributed by atoms with E-state index in [1.165, 1.54) is 42.1 Å². The molecule has 0 amide bonds. The van der Waals surface area contributed by atoms with Crippen LogP contribution in [0.25, 0.3) is 11.0 Å². The highest BCUT2D eigenvalue weighted by atomic mass is 32.2. The van der Waals surface area contributed by atoms with Gasteiger partial charge >= 0.3 is 0 Å². The van der Waals surface area contributed by atoms with Gasteiger partial charge in [-0.05, 0) is 60.4 Å². The van der Waals surface area contributed by atoms with Gasteiger partial charge in [0, 0.05) is 5.56 Å². The number of aromatic nitrogens is 2. The van der Waals surface area contributed by atoms with Crippen LogP contribution in [-0.2, 0) is 0 Å². The average Bonchev–Trinajstić information content (AvgIpc) is 2.89. The predicted octanol–water partition coefficient (Wildman–Crippen LogP) is 4.50. The molecule has 0 radical (unpaired) electrons. The highest BCUT2D eigenvalue weighted by Gasteiger charge is 2.04.